The van der Waals surface area contributed by atoms with Crippen LogP contribution in [0.1, 0.15) is 5.56 Å². The number of hydrogen-bond acceptors (Lipinski definition) is 1. The minimum absolute atomic E-state index is 0.265. The molecule has 1 radical (unpaired) electrons. The lowest BCUT2D eigenvalue weighted by Gasteiger charge is -2.10. The lowest BCUT2D eigenvalue weighted by Crippen LogP contribution is -2.00. The Bertz CT molecular complexity index is 304. The van der Waals surface area contributed by atoms with E-state index in [-0.39, 0.29) is 5.82 Å². The Morgan fingerprint density at radius 2 is 2.36 bits per heavy atom. The van der Waals surface area contributed by atoms with E-state index >= 15 is 0 Å². The zero-order valence-electron chi connectivity index (χ0n) is 5.80. The highest BCUT2D eigenvalue weighted by atomic mass is 19.1. The van der Waals surface area contributed by atoms with Crippen LogP contribution in [0.2, 0.25) is 0 Å². The van der Waals surface area contributed by atoms with Crippen molar-refractivity contribution in [2.45, 2.75) is 0 Å². The summed E-state index contributed by atoms with van der Waals surface area (Å²) in [5.41, 5.74) is 0.887. The fraction of sp³-hybridized carbons (Fsp3) is 0.111. The fourth-order valence-electron chi connectivity index (χ4n) is 1.02. The molecule has 0 atom stereocenters. The quantitative estimate of drug-likeness (QED) is 0.548. The van der Waals surface area contributed by atoms with E-state index in [0.717, 1.165) is 5.56 Å². The van der Waals surface area contributed by atoms with Crippen molar-refractivity contribution < 1.29 is 9.13 Å². The molecule has 1 aliphatic heterocycles. The largest absolute Gasteiger partial charge is 0.488 e. The number of benzene rings is 1. The highest BCUT2D eigenvalue weighted by molar-refractivity contribution is 5.57. The number of hydrogen-bond donors (Lipinski definition) is 0. The average molecular weight is 149 g/mol. The second kappa shape index (κ2) is 2.38. The first-order chi connectivity index (χ1) is 5.36. The summed E-state index contributed by atoms with van der Waals surface area (Å²) in [7, 11) is 0. The SMILES string of the molecule is Fc1ccc2c(c1)OC[C]=C2. The van der Waals surface area contributed by atoms with Crippen LogP contribution in [0.3, 0.4) is 0 Å². The van der Waals surface area contributed by atoms with Crippen LogP contribution in [0.4, 0.5) is 4.39 Å². The van der Waals surface area contributed by atoms with Crippen LogP contribution in [0.5, 0.6) is 5.75 Å². The van der Waals surface area contributed by atoms with Gasteiger partial charge in [-0.2, -0.15) is 0 Å². The summed E-state index contributed by atoms with van der Waals surface area (Å²) in [6.07, 6.45) is 4.69. The normalized spacial score (nSPS) is 13.9. The third-order valence-corrected chi connectivity index (χ3v) is 1.54. The summed E-state index contributed by atoms with van der Waals surface area (Å²) in [6.45, 7) is 0.413. The standard InChI is InChI=1S/C9H6FO/c10-8-4-3-7-2-1-5-11-9(7)6-8/h2-4,6H,5H2. The highest BCUT2D eigenvalue weighted by Crippen LogP contribution is 2.23. The van der Waals surface area contributed by atoms with Gasteiger partial charge < -0.3 is 4.74 Å². The molecule has 0 spiro atoms. The van der Waals surface area contributed by atoms with E-state index in [1.165, 1.54) is 12.1 Å². The molecule has 1 heterocycles. The van der Waals surface area contributed by atoms with Crippen molar-refractivity contribution in [3.8, 4) is 5.75 Å². The number of halogens is 1. The second-order valence-corrected chi connectivity index (χ2v) is 2.32. The Kier molecular flexibility index (Phi) is 1.39. The maximum Gasteiger partial charge on any atom is 0.129 e. The van der Waals surface area contributed by atoms with Crippen LogP contribution in [0.15, 0.2) is 18.2 Å². The molecule has 1 nitrogen and oxygen atoms in total. The zero-order valence-corrected chi connectivity index (χ0v) is 5.80. The molecule has 0 N–H and O–H groups in total. The number of rotatable bonds is 0. The summed E-state index contributed by atoms with van der Waals surface area (Å²) < 4.78 is 17.7. The summed E-state index contributed by atoms with van der Waals surface area (Å²) in [6, 6.07) is 4.47. The van der Waals surface area contributed by atoms with Gasteiger partial charge in [-0.15, -0.1) is 0 Å². The van der Waals surface area contributed by atoms with Crippen molar-refractivity contribution in [3.05, 3.63) is 35.7 Å². The van der Waals surface area contributed by atoms with Crippen molar-refractivity contribution in [2.75, 3.05) is 6.61 Å². The van der Waals surface area contributed by atoms with Gasteiger partial charge >= 0.3 is 0 Å². The van der Waals surface area contributed by atoms with Gasteiger partial charge in [0.1, 0.15) is 18.2 Å². The van der Waals surface area contributed by atoms with Gasteiger partial charge in [-0.3, -0.25) is 0 Å². The smallest absolute Gasteiger partial charge is 0.129 e. The molecule has 55 valence electrons. The first-order valence-electron chi connectivity index (χ1n) is 3.35. The highest BCUT2D eigenvalue weighted by Gasteiger charge is 2.05. The van der Waals surface area contributed by atoms with Crippen LogP contribution in [0.25, 0.3) is 6.08 Å². The van der Waals surface area contributed by atoms with E-state index in [1.54, 1.807) is 12.1 Å². The Labute approximate surface area is 64.1 Å². The first-order valence-corrected chi connectivity index (χ1v) is 3.35. The van der Waals surface area contributed by atoms with Crippen molar-refractivity contribution in [1.82, 2.24) is 0 Å². The van der Waals surface area contributed by atoms with Crippen LogP contribution < -0.4 is 4.74 Å². The van der Waals surface area contributed by atoms with E-state index in [4.69, 9.17) is 4.74 Å². The van der Waals surface area contributed by atoms with Gasteiger partial charge in [-0.25, -0.2) is 4.39 Å². The van der Waals surface area contributed by atoms with Crippen LogP contribution in [-0.4, -0.2) is 6.61 Å². The Balaban J connectivity index is 2.53. The molecule has 0 bridgehead atoms. The Hall–Kier alpha value is -1.31. The molecule has 0 unspecified atom stereocenters. The van der Waals surface area contributed by atoms with E-state index < -0.39 is 0 Å². The van der Waals surface area contributed by atoms with E-state index in [0.29, 0.717) is 12.4 Å². The first kappa shape index (κ1) is 6.40. The van der Waals surface area contributed by atoms with Gasteiger partial charge in [-0.1, -0.05) is 0 Å². The fourth-order valence-corrected chi connectivity index (χ4v) is 1.02. The third-order valence-electron chi connectivity index (χ3n) is 1.54. The minimum Gasteiger partial charge on any atom is -0.488 e. The molecule has 0 saturated heterocycles. The molecule has 0 saturated carbocycles. The summed E-state index contributed by atoms with van der Waals surface area (Å²) in [5, 5.41) is 0. The van der Waals surface area contributed by atoms with Gasteiger partial charge in [0.2, 0.25) is 0 Å². The maximum absolute atomic E-state index is 12.6. The summed E-state index contributed by atoms with van der Waals surface area (Å²) in [5.74, 6) is 0.336. The molecular weight excluding hydrogens is 143 g/mol. The Morgan fingerprint density at radius 3 is 3.27 bits per heavy atom. The zero-order chi connectivity index (χ0) is 7.68. The lowest BCUT2D eigenvalue weighted by atomic mass is 10.1. The molecule has 0 amide bonds. The molecule has 1 aromatic rings. The molecule has 1 aromatic carbocycles. The summed E-state index contributed by atoms with van der Waals surface area (Å²) >= 11 is 0. The monoisotopic (exact) mass is 149 g/mol. The third kappa shape index (κ3) is 1.11. The van der Waals surface area contributed by atoms with E-state index in [9.17, 15) is 4.39 Å². The Morgan fingerprint density at radius 1 is 1.45 bits per heavy atom. The van der Waals surface area contributed by atoms with Gasteiger partial charge in [0.15, 0.2) is 0 Å². The van der Waals surface area contributed by atoms with Crippen LogP contribution in [-0.2, 0) is 0 Å². The summed E-state index contributed by atoms with van der Waals surface area (Å²) in [4.78, 5) is 0. The maximum atomic E-state index is 12.6. The molecule has 2 heteroatoms. The predicted octanol–water partition coefficient (Wildman–Crippen LogP) is 2.03. The minimum atomic E-state index is -0.265. The molecule has 0 aliphatic carbocycles. The van der Waals surface area contributed by atoms with E-state index in [1.807, 2.05) is 0 Å². The van der Waals surface area contributed by atoms with Gasteiger partial charge in [0, 0.05) is 11.6 Å². The number of ether oxygens (including phenoxy) is 1. The number of fused-ring (bicyclic) bond motifs is 1. The lowest BCUT2D eigenvalue weighted by molar-refractivity contribution is 0.350. The topological polar surface area (TPSA) is 9.23 Å². The van der Waals surface area contributed by atoms with Crippen molar-refractivity contribution in [1.29, 1.82) is 0 Å². The molecule has 11 heavy (non-hydrogen) atoms. The average Bonchev–Trinajstić information content (AvgIpc) is 2.04. The van der Waals surface area contributed by atoms with Gasteiger partial charge in [-0.05, 0) is 24.3 Å². The predicted molar refractivity (Wildman–Crippen MR) is 39.6 cm³/mol. The molecule has 2 rings (SSSR count). The molecular formula is C9H6FO. The van der Waals surface area contributed by atoms with Gasteiger partial charge in [0.25, 0.3) is 0 Å². The van der Waals surface area contributed by atoms with Crippen LogP contribution >= 0.6 is 0 Å². The van der Waals surface area contributed by atoms with E-state index in [2.05, 4.69) is 6.08 Å². The molecule has 0 aromatic heterocycles. The molecule has 0 fully saturated rings. The van der Waals surface area contributed by atoms with Gasteiger partial charge in [0.05, 0.1) is 0 Å². The van der Waals surface area contributed by atoms with Crippen molar-refractivity contribution in [2.24, 2.45) is 0 Å². The van der Waals surface area contributed by atoms with Crippen molar-refractivity contribution in [3.63, 3.8) is 0 Å². The molecule has 1 aliphatic rings. The van der Waals surface area contributed by atoms with Crippen molar-refractivity contribution >= 4 is 6.08 Å². The van der Waals surface area contributed by atoms with Crippen LogP contribution in [0, 0.1) is 11.9 Å². The second-order valence-electron chi connectivity index (χ2n) is 2.32.